The van der Waals surface area contributed by atoms with Gasteiger partial charge in [-0.3, -0.25) is 4.68 Å². The van der Waals surface area contributed by atoms with Crippen LogP contribution in [-0.2, 0) is 6.54 Å². The predicted octanol–water partition coefficient (Wildman–Crippen LogP) is 4.54. The van der Waals surface area contributed by atoms with Crippen molar-refractivity contribution < 1.29 is 9.47 Å². The molecule has 156 valence electrons. The number of hydrogen-bond donors (Lipinski definition) is 0. The summed E-state index contributed by atoms with van der Waals surface area (Å²) < 4.78 is 14.0. The number of likely N-dealkylation sites (N-methyl/N-ethyl adjacent to an activating group) is 1. The molecule has 6 nitrogen and oxygen atoms in total. The normalized spacial score (nSPS) is 15.9. The first kappa shape index (κ1) is 19.0. The van der Waals surface area contributed by atoms with E-state index in [0.29, 0.717) is 0 Å². The molecule has 0 spiro atoms. The molecule has 6 heteroatoms. The Kier molecular flexibility index (Phi) is 4.12. The first-order valence-electron chi connectivity index (χ1n) is 10.3. The molecule has 30 heavy (non-hydrogen) atoms. The van der Waals surface area contributed by atoms with Crippen molar-refractivity contribution in [3.05, 3.63) is 35.9 Å². The van der Waals surface area contributed by atoms with Crippen LogP contribution in [0.25, 0.3) is 28.2 Å². The molecule has 0 bridgehead atoms. The molecule has 0 aliphatic carbocycles. The lowest BCUT2D eigenvalue weighted by Crippen LogP contribution is -2.28. The number of nitrogens with zero attached hydrogens (tertiary/aromatic N) is 4. The minimum absolute atomic E-state index is 0.330. The van der Waals surface area contributed by atoms with Gasteiger partial charge in [-0.2, -0.15) is 5.10 Å². The Labute approximate surface area is 177 Å². The zero-order valence-corrected chi connectivity index (χ0v) is 18.5. The Bertz CT molecular complexity index is 1190. The summed E-state index contributed by atoms with van der Waals surface area (Å²) in [6.07, 6.45) is 4.32. The standard InChI is InChI=1S/C24H28N4O2/c1-24(2)10-9-16-20(30-24)14-19-21-22(25-28(19)12-11-26(3)4)17-13-15(29-6)7-8-18(17)27(5)23(16)21/h7-10,13-14H,11-12H2,1-6H3. The minimum Gasteiger partial charge on any atom is -0.497 e. The summed E-state index contributed by atoms with van der Waals surface area (Å²) >= 11 is 0. The van der Waals surface area contributed by atoms with Crippen LogP contribution in [-0.4, -0.2) is 55.1 Å². The lowest BCUT2D eigenvalue weighted by Gasteiger charge is -2.34. The van der Waals surface area contributed by atoms with Gasteiger partial charge in [-0.15, -0.1) is 0 Å². The van der Waals surface area contributed by atoms with Crippen LogP contribution in [0.15, 0.2) is 30.3 Å². The molecule has 2 aliphatic heterocycles. The molecule has 3 heterocycles. The summed E-state index contributed by atoms with van der Waals surface area (Å²) in [6.45, 7) is 5.89. The zero-order chi connectivity index (χ0) is 21.2. The van der Waals surface area contributed by atoms with E-state index >= 15 is 0 Å². The highest BCUT2D eigenvalue weighted by molar-refractivity contribution is 6.13. The van der Waals surface area contributed by atoms with Gasteiger partial charge in [0.2, 0.25) is 0 Å². The average Bonchev–Trinajstić information content (AvgIpc) is 3.06. The van der Waals surface area contributed by atoms with E-state index < -0.39 is 0 Å². The highest BCUT2D eigenvalue weighted by Crippen LogP contribution is 2.52. The van der Waals surface area contributed by atoms with Gasteiger partial charge in [-0.25, -0.2) is 0 Å². The van der Waals surface area contributed by atoms with Crippen molar-refractivity contribution in [1.29, 1.82) is 0 Å². The maximum atomic E-state index is 6.37. The van der Waals surface area contributed by atoms with E-state index in [1.165, 1.54) is 5.39 Å². The molecule has 1 aromatic heterocycles. The smallest absolute Gasteiger partial charge is 0.132 e. The largest absolute Gasteiger partial charge is 0.497 e. The quantitative estimate of drug-likeness (QED) is 0.639. The van der Waals surface area contributed by atoms with Crippen molar-refractivity contribution in [3.63, 3.8) is 0 Å². The van der Waals surface area contributed by atoms with Gasteiger partial charge in [-0.1, -0.05) is 0 Å². The maximum absolute atomic E-state index is 6.37. The van der Waals surface area contributed by atoms with Gasteiger partial charge in [0, 0.05) is 30.8 Å². The molecular weight excluding hydrogens is 376 g/mol. The Hall–Kier alpha value is -2.99. The lowest BCUT2D eigenvalue weighted by molar-refractivity contribution is 0.159. The van der Waals surface area contributed by atoms with Crippen molar-refractivity contribution in [2.45, 2.75) is 26.0 Å². The summed E-state index contributed by atoms with van der Waals surface area (Å²) in [4.78, 5) is 4.44. The lowest BCUT2D eigenvalue weighted by atomic mass is 9.93. The summed E-state index contributed by atoms with van der Waals surface area (Å²) in [7, 11) is 7.99. The van der Waals surface area contributed by atoms with Crippen LogP contribution in [0.4, 0.5) is 11.4 Å². The van der Waals surface area contributed by atoms with E-state index in [1.54, 1.807) is 7.11 Å². The Morgan fingerprint density at radius 3 is 2.73 bits per heavy atom. The number of anilines is 2. The van der Waals surface area contributed by atoms with Crippen LogP contribution < -0.4 is 14.4 Å². The molecule has 0 radical (unpaired) electrons. The second-order valence-corrected chi connectivity index (χ2v) is 8.89. The molecule has 0 unspecified atom stereocenters. The maximum Gasteiger partial charge on any atom is 0.132 e. The van der Waals surface area contributed by atoms with Crippen molar-refractivity contribution in [2.75, 3.05) is 39.7 Å². The van der Waals surface area contributed by atoms with Gasteiger partial charge in [0.25, 0.3) is 0 Å². The molecule has 0 N–H and O–H groups in total. The van der Waals surface area contributed by atoms with Crippen LogP contribution in [0.1, 0.15) is 19.4 Å². The van der Waals surface area contributed by atoms with Gasteiger partial charge in [0.1, 0.15) is 22.8 Å². The molecular formula is C24H28N4O2. The van der Waals surface area contributed by atoms with E-state index in [9.17, 15) is 0 Å². The highest BCUT2D eigenvalue weighted by Gasteiger charge is 2.33. The number of aromatic nitrogens is 2. The van der Waals surface area contributed by atoms with Crippen LogP contribution >= 0.6 is 0 Å². The third kappa shape index (κ3) is 2.78. The van der Waals surface area contributed by atoms with E-state index in [0.717, 1.165) is 58.3 Å². The van der Waals surface area contributed by atoms with E-state index in [4.69, 9.17) is 14.6 Å². The highest BCUT2D eigenvalue weighted by atomic mass is 16.5. The van der Waals surface area contributed by atoms with Crippen molar-refractivity contribution in [1.82, 2.24) is 14.7 Å². The summed E-state index contributed by atoms with van der Waals surface area (Å²) in [6, 6.07) is 8.36. The molecule has 0 saturated heterocycles. The fourth-order valence-electron chi connectivity index (χ4n) is 4.40. The molecule has 2 aliphatic rings. The van der Waals surface area contributed by atoms with Crippen molar-refractivity contribution in [3.8, 4) is 22.8 Å². The van der Waals surface area contributed by atoms with Gasteiger partial charge in [0.05, 0.1) is 35.9 Å². The second kappa shape index (κ2) is 6.51. The monoisotopic (exact) mass is 404 g/mol. The molecule has 2 aromatic carbocycles. The summed E-state index contributed by atoms with van der Waals surface area (Å²) in [5, 5.41) is 6.25. The topological polar surface area (TPSA) is 42.8 Å². The number of ether oxygens (including phenoxy) is 2. The van der Waals surface area contributed by atoms with E-state index in [1.807, 2.05) is 6.07 Å². The number of rotatable bonds is 4. The fraction of sp³-hybridized carbons (Fsp3) is 0.375. The molecule has 0 atom stereocenters. The Balaban J connectivity index is 1.82. The zero-order valence-electron chi connectivity index (χ0n) is 18.5. The Morgan fingerprint density at radius 2 is 2.00 bits per heavy atom. The van der Waals surface area contributed by atoms with Gasteiger partial charge >= 0.3 is 0 Å². The predicted molar refractivity (Wildman–Crippen MR) is 122 cm³/mol. The van der Waals surface area contributed by atoms with E-state index in [-0.39, 0.29) is 5.60 Å². The average molecular weight is 405 g/mol. The summed E-state index contributed by atoms with van der Waals surface area (Å²) in [5.74, 6) is 1.75. The SMILES string of the molecule is COc1ccc2c(c1)-c1nn(CCN(C)C)c3cc4c(c(c13)N2C)C=CC(C)(C)O4. The Morgan fingerprint density at radius 1 is 1.20 bits per heavy atom. The minimum atomic E-state index is -0.330. The second-order valence-electron chi connectivity index (χ2n) is 8.89. The van der Waals surface area contributed by atoms with Crippen LogP contribution in [0.2, 0.25) is 0 Å². The molecule has 0 saturated carbocycles. The van der Waals surface area contributed by atoms with Gasteiger partial charge in [-0.05, 0) is 58.3 Å². The molecule has 0 fully saturated rings. The number of hydrogen-bond acceptors (Lipinski definition) is 5. The fourth-order valence-corrected chi connectivity index (χ4v) is 4.40. The third-order valence-electron chi connectivity index (χ3n) is 5.96. The third-order valence-corrected chi connectivity index (χ3v) is 5.96. The molecule has 0 amide bonds. The number of benzene rings is 2. The van der Waals surface area contributed by atoms with Gasteiger partial charge < -0.3 is 19.3 Å². The first-order chi connectivity index (χ1) is 14.3. The van der Waals surface area contributed by atoms with E-state index in [2.05, 4.69) is 79.8 Å². The number of methoxy groups -OCH3 is 1. The summed E-state index contributed by atoms with van der Waals surface area (Å²) in [5.41, 5.74) is 6.26. The van der Waals surface area contributed by atoms with Crippen molar-refractivity contribution in [2.24, 2.45) is 0 Å². The van der Waals surface area contributed by atoms with Crippen LogP contribution in [0, 0.1) is 0 Å². The first-order valence-corrected chi connectivity index (χ1v) is 10.3. The number of fused-ring (bicyclic) bond motifs is 4. The van der Waals surface area contributed by atoms with Crippen LogP contribution in [0.3, 0.4) is 0 Å². The molecule has 5 rings (SSSR count). The van der Waals surface area contributed by atoms with Crippen molar-refractivity contribution >= 4 is 28.4 Å². The molecule has 3 aromatic rings. The van der Waals surface area contributed by atoms with Crippen LogP contribution in [0.5, 0.6) is 11.5 Å². The van der Waals surface area contributed by atoms with Gasteiger partial charge in [0.15, 0.2) is 0 Å².